The lowest BCUT2D eigenvalue weighted by Crippen LogP contribution is -2.16. The Kier molecular flexibility index (Phi) is 2.99. The van der Waals surface area contributed by atoms with Crippen molar-refractivity contribution in [3.05, 3.63) is 0 Å². The van der Waals surface area contributed by atoms with E-state index in [4.69, 9.17) is 14.2 Å². The van der Waals surface area contributed by atoms with Gasteiger partial charge in [-0.25, -0.2) is 0 Å². The minimum atomic E-state index is -0.584. The standard InChI is InChI=1S/C7H12O4/c1-5(8)3-6-4-10-7(9-2)11-6/h6-7H,3-4H2,1-2H3/t6-,7?/m0/s1. The summed E-state index contributed by atoms with van der Waals surface area (Å²) in [5.41, 5.74) is 0. The maximum absolute atomic E-state index is 10.6. The van der Waals surface area contributed by atoms with E-state index in [1.165, 1.54) is 14.0 Å². The molecule has 0 spiro atoms. The zero-order chi connectivity index (χ0) is 8.27. The van der Waals surface area contributed by atoms with Gasteiger partial charge < -0.3 is 14.2 Å². The third-order valence-corrected chi connectivity index (χ3v) is 1.43. The average Bonchev–Trinajstić information content (AvgIpc) is 2.34. The second-order valence-corrected chi connectivity index (χ2v) is 2.52. The number of hydrogen-bond acceptors (Lipinski definition) is 4. The molecular formula is C7H12O4. The van der Waals surface area contributed by atoms with Crippen LogP contribution in [0.1, 0.15) is 13.3 Å². The first-order valence-electron chi connectivity index (χ1n) is 3.51. The Labute approximate surface area is 65.4 Å². The van der Waals surface area contributed by atoms with E-state index in [9.17, 15) is 4.79 Å². The van der Waals surface area contributed by atoms with Gasteiger partial charge in [0.1, 0.15) is 5.78 Å². The normalized spacial score (nSPS) is 30.7. The van der Waals surface area contributed by atoms with Gasteiger partial charge in [-0.2, -0.15) is 0 Å². The fraction of sp³-hybridized carbons (Fsp3) is 0.857. The quantitative estimate of drug-likeness (QED) is 0.596. The van der Waals surface area contributed by atoms with Crippen LogP contribution in [0.5, 0.6) is 0 Å². The third-order valence-electron chi connectivity index (χ3n) is 1.43. The first-order chi connectivity index (χ1) is 5.22. The Morgan fingerprint density at radius 2 is 2.45 bits per heavy atom. The molecule has 0 aromatic rings. The summed E-state index contributed by atoms with van der Waals surface area (Å²) in [5, 5.41) is 0. The van der Waals surface area contributed by atoms with Crippen LogP contribution in [0.25, 0.3) is 0 Å². The van der Waals surface area contributed by atoms with Crippen molar-refractivity contribution in [3.8, 4) is 0 Å². The summed E-state index contributed by atoms with van der Waals surface area (Å²) < 4.78 is 14.9. The third kappa shape index (κ3) is 2.57. The monoisotopic (exact) mass is 160 g/mol. The van der Waals surface area contributed by atoms with Crippen LogP contribution < -0.4 is 0 Å². The molecule has 1 saturated heterocycles. The van der Waals surface area contributed by atoms with E-state index in [1.807, 2.05) is 0 Å². The van der Waals surface area contributed by atoms with Gasteiger partial charge in [0.05, 0.1) is 12.7 Å². The molecule has 0 saturated carbocycles. The van der Waals surface area contributed by atoms with Crippen LogP contribution in [0.4, 0.5) is 0 Å². The van der Waals surface area contributed by atoms with Crippen molar-refractivity contribution in [2.24, 2.45) is 0 Å². The van der Waals surface area contributed by atoms with Crippen LogP contribution >= 0.6 is 0 Å². The molecule has 1 rings (SSSR count). The molecule has 0 N–H and O–H groups in total. The summed E-state index contributed by atoms with van der Waals surface area (Å²) in [7, 11) is 1.50. The van der Waals surface area contributed by atoms with Crippen molar-refractivity contribution in [2.45, 2.75) is 25.9 Å². The summed E-state index contributed by atoms with van der Waals surface area (Å²) in [5.74, 6) is 0.107. The minimum absolute atomic E-state index is 0.107. The highest BCUT2D eigenvalue weighted by atomic mass is 16.9. The number of carbonyl (C=O) groups is 1. The fourth-order valence-corrected chi connectivity index (χ4v) is 0.973. The van der Waals surface area contributed by atoms with Crippen LogP contribution in [-0.4, -0.2) is 32.1 Å². The Morgan fingerprint density at radius 3 is 2.91 bits per heavy atom. The van der Waals surface area contributed by atoms with Gasteiger partial charge in [0.15, 0.2) is 0 Å². The maximum atomic E-state index is 10.6. The molecule has 0 radical (unpaired) electrons. The first-order valence-corrected chi connectivity index (χ1v) is 3.51. The number of rotatable bonds is 3. The van der Waals surface area contributed by atoms with Crippen molar-refractivity contribution in [1.29, 1.82) is 0 Å². The Hall–Kier alpha value is -0.450. The zero-order valence-electron chi connectivity index (χ0n) is 6.70. The summed E-state index contributed by atoms with van der Waals surface area (Å²) in [4.78, 5) is 10.6. The molecule has 0 amide bonds. The Morgan fingerprint density at radius 1 is 1.73 bits per heavy atom. The van der Waals surface area contributed by atoms with E-state index in [0.29, 0.717) is 13.0 Å². The topological polar surface area (TPSA) is 44.8 Å². The van der Waals surface area contributed by atoms with Crippen molar-refractivity contribution in [1.82, 2.24) is 0 Å². The number of Topliss-reactive ketones (excluding diaryl/α,β-unsaturated/α-hetero) is 1. The minimum Gasteiger partial charge on any atom is -0.333 e. The predicted molar refractivity (Wildman–Crippen MR) is 36.9 cm³/mol. The second kappa shape index (κ2) is 3.80. The van der Waals surface area contributed by atoms with Gasteiger partial charge in [-0.05, 0) is 6.92 Å². The molecule has 4 nitrogen and oxygen atoms in total. The summed E-state index contributed by atoms with van der Waals surface area (Å²) in [6.45, 7) is 1.39. The van der Waals surface area contributed by atoms with Crippen molar-refractivity contribution in [3.63, 3.8) is 0 Å². The second-order valence-electron chi connectivity index (χ2n) is 2.52. The zero-order valence-corrected chi connectivity index (χ0v) is 6.70. The van der Waals surface area contributed by atoms with E-state index in [-0.39, 0.29) is 11.9 Å². The molecule has 2 atom stereocenters. The number of ether oxygens (including phenoxy) is 3. The van der Waals surface area contributed by atoms with Gasteiger partial charge in [-0.1, -0.05) is 0 Å². The summed E-state index contributed by atoms with van der Waals surface area (Å²) >= 11 is 0. The van der Waals surface area contributed by atoms with Crippen molar-refractivity contribution >= 4 is 5.78 Å². The van der Waals surface area contributed by atoms with Gasteiger partial charge in [0.25, 0.3) is 6.48 Å². The summed E-state index contributed by atoms with van der Waals surface area (Å²) in [6, 6.07) is 0. The molecule has 0 bridgehead atoms. The lowest BCUT2D eigenvalue weighted by Gasteiger charge is -2.07. The van der Waals surface area contributed by atoms with Crippen molar-refractivity contribution in [2.75, 3.05) is 13.7 Å². The molecule has 64 valence electrons. The van der Waals surface area contributed by atoms with Crippen LogP contribution in [0.3, 0.4) is 0 Å². The first kappa shape index (κ1) is 8.64. The SMILES string of the molecule is COC1OC[C@H](CC(C)=O)O1. The van der Waals surface area contributed by atoms with E-state index >= 15 is 0 Å². The number of hydrogen-bond donors (Lipinski definition) is 0. The highest BCUT2D eigenvalue weighted by Gasteiger charge is 2.26. The van der Waals surface area contributed by atoms with Gasteiger partial charge in [-0.3, -0.25) is 4.79 Å². The van der Waals surface area contributed by atoms with Gasteiger partial charge >= 0.3 is 0 Å². The smallest absolute Gasteiger partial charge is 0.271 e. The van der Waals surface area contributed by atoms with E-state index in [0.717, 1.165) is 0 Å². The molecule has 1 aliphatic heterocycles. The summed E-state index contributed by atoms with van der Waals surface area (Å²) in [6.07, 6.45) is 0.275. The highest BCUT2D eigenvalue weighted by molar-refractivity contribution is 5.76. The molecule has 0 aliphatic carbocycles. The molecule has 1 aliphatic rings. The largest absolute Gasteiger partial charge is 0.333 e. The molecule has 1 heterocycles. The van der Waals surface area contributed by atoms with Crippen LogP contribution in [-0.2, 0) is 19.0 Å². The predicted octanol–water partition coefficient (Wildman–Crippen LogP) is 0.311. The van der Waals surface area contributed by atoms with Crippen LogP contribution in [0.15, 0.2) is 0 Å². The fourth-order valence-electron chi connectivity index (χ4n) is 0.973. The average molecular weight is 160 g/mol. The Balaban J connectivity index is 2.24. The van der Waals surface area contributed by atoms with Crippen LogP contribution in [0.2, 0.25) is 0 Å². The molecule has 0 aromatic heterocycles. The lowest BCUT2D eigenvalue weighted by molar-refractivity contribution is -0.222. The van der Waals surface area contributed by atoms with Gasteiger partial charge in [-0.15, -0.1) is 0 Å². The van der Waals surface area contributed by atoms with Crippen molar-refractivity contribution < 1.29 is 19.0 Å². The molecule has 1 unspecified atom stereocenters. The van der Waals surface area contributed by atoms with E-state index in [2.05, 4.69) is 0 Å². The maximum Gasteiger partial charge on any atom is 0.271 e. The molecule has 1 fully saturated rings. The number of methoxy groups -OCH3 is 1. The molecule has 11 heavy (non-hydrogen) atoms. The molecule has 0 aromatic carbocycles. The lowest BCUT2D eigenvalue weighted by atomic mass is 10.2. The number of carbonyl (C=O) groups excluding carboxylic acids is 1. The van der Waals surface area contributed by atoms with E-state index in [1.54, 1.807) is 0 Å². The van der Waals surface area contributed by atoms with E-state index < -0.39 is 6.48 Å². The highest BCUT2D eigenvalue weighted by Crippen LogP contribution is 2.14. The molecular weight excluding hydrogens is 148 g/mol. The van der Waals surface area contributed by atoms with Crippen LogP contribution in [0, 0.1) is 0 Å². The van der Waals surface area contributed by atoms with Gasteiger partial charge in [0, 0.05) is 13.5 Å². The Bertz CT molecular complexity index is 145. The number of ketones is 1. The molecule has 4 heteroatoms. The van der Waals surface area contributed by atoms with Gasteiger partial charge in [0.2, 0.25) is 0 Å².